The number of aromatic nitrogens is 3. The molecular weight excluding hydrogens is 402 g/mol. The normalized spacial score (nSPS) is 17.9. The van der Waals surface area contributed by atoms with Crippen LogP contribution in [0.4, 0.5) is 0 Å². The molecule has 2 aliphatic heterocycles. The topological polar surface area (TPSA) is 88.5 Å². The zero-order valence-corrected chi connectivity index (χ0v) is 18.3. The third kappa shape index (κ3) is 4.67. The van der Waals surface area contributed by atoms with Gasteiger partial charge >= 0.3 is 0 Å². The summed E-state index contributed by atoms with van der Waals surface area (Å²) in [5, 5.41) is 2.94. The van der Waals surface area contributed by atoms with E-state index in [0.717, 1.165) is 29.4 Å². The van der Waals surface area contributed by atoms with Crippen molar-refractivity contribution in [3.8, 4) is 0 Å². The lowest BCUT2D eigenvalue weighted by molar-refractivity contribution is -0.131. The van der Waals surface area contributed by atoms with Crippen molar-refractivity contribution < 1.29 is 14.3 Å². The molecule has 2 amide bonds. The molecular formula is C21H27N5O3S. The number of likely N-dealkylation sites (tertiary alicyclic amines) is 1. The minimum absolute atomic E-state index is 0.0277. The molecule has 30 heavy (non-hydrogen) atoms. The van der Waals surface area contributed by atoms with Crippen LogP contribution in [0.5, 0.6) is 0 Å². The molecule has 9 heteroatoms. The molecule has 4 rings (SSSR count). The average molecular weight is 430 g/mol. The fraction of sp³-hybridized carbons (Fsp3) is 0.571. The van der Waals surface area contributed by atoms with Crippen LogP contribution in [0.1, 0.15) is 51.3 Å². The highest BCUT2D eigenvalue weighted by molar-refractivity contribution is 7.09. The van der Waals surface area contributed by atoms with Crippen LogP contribution in [0.2, 0.25) is 0 Å². The van der Waals surface area contributed by atoms with Crippen molar-refractivity contribution in [2.24, 2.45) is 0 Å². The minimum atomic E-state index is -0.0277. The molecule has 0 aromatic carbocycles. The highest BCUT2D eigenvalue weighted by Crippen LogP contribution is 2.26. The first-order chi connectivity index (χ1) is 14.5. The number of amides is 2. The van der Waals surface area contributed by atoms with Gasteiger partial charge in [-0.25, -0.2) is 15.0 Å². The molecule has 2 aromatic rings. The number of carbonyl (C=O) groups is 2. The Kier molecular flexibility index (Phi) is 6.38. The maximum atomic E-state index is 12.7. The summed E-state index contributed by atoms with van der Waals surface area (Å²) in [6, 6.07) is 0. The second-order valence-electron chi connectivity index (χ2n) is 7.82. The SMILES string of the molecule is Cc1nc(CC(=O)N2CCC(c3ncc(C(=O)N4CCOCC4)c(C)n3)CC2)cs1. The zero-order valence-electron chi connectivity index (χ0n) is 17.5. The van der Waals surface area contributed by atoms with Gasteiger partial charge in [-0.15, -0.1) is 11.3 Å². The van der Waals surface area contributed by atoms with Crippen molar-refractivity contribution in [1.29, 1.82) is 0 Å². The molecule has 8 nitrogen and oxygen atoms in total. The van der Waals surface area contributed by atoms with E-state index >= 15 is 0 Å². The Balaban J connectivity index is 1.34. The first-order valence-corrected chi connectivity index (χ1v) is 11.3. The third-order valence-electron chi connectivity index (χ3n) is 5.74. The van der Waals surface area contributed by atoms with Crippen LogP contribution in [0.15, 0.2) is 11.6 Å². The van der Waals surface area contributed by atoms with Gasteiger partial charge in [-0.1, -0.05) is 0 Å². The molecule has 2 saturated heterocycles. The van der Waals surface area contributed by atoms with Crippen LogP contribution in [-0.2, 0) is 16.0 Å². The number of aryl methyl sites for hydroxylation is 2. The number of piperidine rings is 1. The van der Waals surface area contributed by atoms with E-state index in [0.29, 0.717) is 57.1 Å². The van der Waals surface area contributed by atoms with Gasteiger partial charge in [-0.2, -0.15) is 0 Å². The highest BCUT2D eigenvalue weighted by atomic mass is 32.1. The summed E-state index contributed by atoms with van der Waals surface area (Å²) in [5.41, 5.74) is 2.13. The lowest BCUT2D eigenvalue weighted by atomic mass is 9.95. The lowest BCUT2D eigenvalue weighted by Crippen LogP contribution is -2.41. The van der Waals surface area contributed by atoms with Gasteiger partial charge in [-0.05, 0) is 26.7 Å². The van der Waals surface area contributed by atoms with Gasteiger partial charge in [0, 0.05) is 43.7 Å². The molecule has 0 spiro atoms. The third-order valence-corrected chi connectivity index (χ3v) is 6.56. The fourth-order valence-electron chi connectivity index (χ4n) is 3.97. The van der Waals surface area contributed by atoms with Crippen LogP contribution in [0.25, 0.3) is 0 Å². The average Bonchev–Trinajstić information content (AvgIpc) is 3.18. The van der Waals surface area contributed by atoms with E-state index in [-0.39, 0.29) is 17.7 Å². The van der Waals surface area contributed by atoms with Crippen LogP contribution in [0.3, 0.4) is 0 Å². The standard InChI is InChI=1S/C21H27N5O3S/c1-14-18(21(28)26-7-9-29-10-8-26)12-22-20(23-14)16-3-5-25(6-4-16)19(27)11-17-13-30-15(2)24-17/h12-13,16H,3-11H2,1-2H3. The van der Waals surface area contributed by atoms with Crippen molar-refractivity contribution in [3.63, 3.8) is 0 Å². The van der Waals surface area contributed by atoms with Gasteiger partial charge in [0.1, 0.15) is 5.82 Å². The second-order valence-corrected chi connectivity index (χ2v) is 8.88. The monoisotopic (exact) mass is 429 g/mol. The zero-order chi connectivity index (χ0) is 21.1. The van der Waals surface area contributed by atoms with E-state index in [1.165, 1.54) is 0 Å². The van der Waals surface area contributed by atoms with E-state index in [2.05, 4.69) is 15.0 Å². The second kappa shape index (κ2) is 9.18. The van der Waals surface area contributed by atoms with Gasteiger partial charge in [0.05, 0.1) is 41.6 Å². The van der Waals surface area contributed by atoms with Gasteiger partial charge in [-0.3, -0.25) is 9.59 Å². The number of morpholine rings is 1. The first kappa shape index (κ1) is 20.9. The summed E-state index contributed by atoms with van der Waals surface area (Å²) in [6.07, 6.45) is 3.69. The quantitative estimate of drug-likeness (QED) is 0.738. The predicted molar refractivity (Wildman–Crippen MR) is 113 cm³/mol. The molecule has 2 aliphatic rings. The van der Waals surface area contributed by atoms with Crippen LogP contribution >= 0.6 is 11.3 Å². The number of nitrogens with zero attached hydrogens (tertiary/aromatic N) is 5. The van der Waals surface area contributed by atoms with E-state index in [1.807, 2.05) is 24.1 Å². The van der Waals surface area contributed by atoms with E-state index in [1.54, 1.807) is 22.4 Å². The number of hydrogen-bond donors (Lipinski definition) is 0. The van der Waals surface area contributed by atoms with E-state index in [4.69, 9.17) is 4.74 Å². The maximum Gasteiger partial charge on any atom is 0.257 e. The minimum Gasteiger partial charge on any atom is -0.378 e. The summed E-state index contributed by atoms with van der Waals surface area (Å²) >= 11 is 1.57. The van der Waals surface area contributed by atoms with Crippen LogP contribution < -0.4 is 0 Å². The Morgan fingerprint density at radius 1 is 1.10 bits per heavy atom. The summed E-state index contributed by atoms with van der Waals surface area (Å²) in [4.78, 5) is 42.5. The molecule has 0 N–H and O–H groups in total. The summed E-state index contributed by atoms with van der Waals surface area (Å²) in [5.74, 6) is 1.08. The van der Waals surface area contributed by atoms with Crippen molar-refractivity contribution in [2.75, 3.05) is 39.4 Å². The Bertz CT molecular complexity index is 917. The predicted octanol–water partition coefficient (Wildman–Crippen LogP) is 1.97. The fourth-order valence-corrected chi connectivity index (χ4v) is 4.58. The van der Waals surface area contributed by atoms with Gasteiger partial charge in [0.25, 0.3) is 5.91 Å². The molecule has 160 valence electrons. The van der Waals surface area contributed by atoms with Crippen molar-refractivity contribution >= 4 is 23.2 Å². The first-order valence-electron chi connectivity index (χ1n) is 10.4. The molecule has 0 atom stereocenters. The Morgan fingerprint density at radius 2 is 1.83 bits per heavy atom. The Hall–Kier alpha value is -2.39. The molecule has 0 bridgehead atoms. The van der Waals surface area contributed by atoms with Crippen molar-refractivity contribution in [3.05, 3.63) is 39.4 Å². The molecule has 0 aliphatic carbocycles. The molecule has 0 unspecified atom stereocenters. The van der Waals surface area contributed by atoms with E-state index in [9.17, 15) is 9.59 Å². The highest BCUT2D eigenvalue weighted by Gasteiger charge is 2.27. The van der Waals surface area contributed by atoms with E-state index < -0.39 is 0 Å². The maximum absolute atomic E-state index is 12.7. The lowest BCUT2D eigenvalue weighted by Gasteiger charge is -2.31. The molecule has 0 radical (unpaired) electrons. The van der Waals surface area contributed by atoms with Crippen molar-refractivity contribution in [1.82, 2.24) is 24.8 Å². The van der Waals surface area contributed by atoms with Crippen LogP contribution in [-0.4, -0.2) is 76.0 Å². The van der Waals surface area contributed by atoms with Gasteiger partial charge in [0.2, 0.25) is 5.91 Å². The summed E-state index contributed by atoms with van der Waals surface area (Å²) in [6.45, 7) is 7.57. The van der Waals surface area contributed by atoms with Gasteiger partial charge in [0.15, 0.2) is 0 Å². The molecule has 2 fully saturated rings. The summed E-state index contributed by atoms with van der Waals surface area (Å²) in [7, 11) is 0. The molecule has 2 aromatic heterocycles. The number of hydrogen-bond acceptors (Lipinski definition) is 7. The largest absolute Gasteiger partial charge is 0.378 e. The van der Waals surface area contributed by atoms with Crippen LogP contribution in [0, 0.1) is 13.8 Å². The van der Waals surface area contributed by atoms with Gasteiger partial charge < -0.3 is 14.5 Å². The Labute approximate surface area is 180 Å². The summed E-state index contributed by atoms with van der Waals surface area (Å²) < 4.78 is 5.32. The number of carbonyl (C=O) groups excluding carboxylic acids is 2. The number of rotatable bonds is 4. The number of ether oxygens (including phenoxy) is 1. The number of thiazole rings is 1. The molecule has 4 heterocycles. The Morgan fingerprint density at radius 3 is 2.47 bits per heavy atom. The molecule has 0 saturated carbocycles. The van der Waals surface area contributed by atoms with Crippen molar-refractivity contribution in [2.45, 2.75) is 39.0 Å². The smallest absolute Gasteiger partial charge is 0.257 e.